The number of benzene rings is 1. The van der Waals surface area contributed by atoms with Crippen LogP contribution in [0, 0.1) is 0 Å². The van der Waals surface area contributed by atoms with Crippen molar-refractivity contribution in [2.24, 2.45) is 0 Å². The molecule has 1 aromatic carbocycles. The van der Waals surface area contributed by atoms with Crippen LogP contribution in [-0.2, 0) is 4.74 Å². The molecule has 0 aliphatic carbocycles. The van der Waals surface area contributed by atoms with E-state index in [1.165, 1.54) is 22.9 Å². The SMILES string of the molecule is CCOC(=O)c1cn(-c2c(Cl)cccc2Cl)c2nc(Cl)ccc2c1=O. The maximum atomic E-state index is 12.6. The lowest BCUT2D eigenvalue weighted by Crippen LogP contribution is -2.21. The predicted octanol–water partition coefficient (Wildman–Crippen LogP) is 4.52. The van der Waals surface area contributed by atoms with E-state index in [0.717, 1.165) is 0 Å². The Hall–Kier alpha value is -2.08. The summed E-state index contributed by atoms with van der Waals surface area (Å²) in [5.41, 5.74) is -0.0248. The number of carbonyl (C=O) groups excluding carboxylic acids is 1. The second-order valence-corrected chi connectivity index (χ2v) is 6.24. The molecule has 0 saturated carbocycles. The number of para-hydroxylation sites is 1. The van der Waals surface area contributed by atoms with Gasteiger partial charge in [0.15, 0.2) is 0 Å². The van der Waals surface area contributed by atoms with Gasteiger partial charge in [0.1, 0.15) is 16.4 Å². The van der Waals surface area contributed by atoms with Gasteiger partial charge in [0, 0.05) is 6.20 Å². The Balaban J connectivity index is 2.45. The van der Waals surface area contributed by atoms with E-state index in [9.17, 15) is 9.59 Å². The Bertz CT molecular complexity index is 1030. The number of pyridine rings is 2. The van der Waals surface area contributed by atoms with Gasteiger partial charge in [-0.25, -0.2) is 9.78 Å². The number of ether oxygens (including phenoxy) is 1. The van der Waals surface area contributed by atoms with Gasteiger partial charge in [-0.3, -0.25) is 9.36 Å². The van der Waals surface area contributed by atoms with Crippen molar-refractivity contribution in [2.75, 3.05) is 6.61 Å². The number of hydrogen-bond donors (Lipinski definition) is 0. The fraction of sp³-hybridized carbons (Fsp3) is 0.118. The summed E-state index contributed by atoms with van der Waals surface area (Å²) in [6, 6.07) is 7.93. The van der Waals surface area contributed by atoms with Gasteiger partial charge >= 0.3 is 5.97 Å². The summed E-state index contributed by atoms with van der Waals surface area (Å²) in [5, 5.41) is 1.04. The largest absolute Gasteiger partial charge is 0.462 e. The van der Waals surface area contributed by atoms with Gasteiger partial charge in [0.2, 0.25) is 5.43 Å². The summed E-state index contributed by atoms with van der Waals surface area (Å²) in [5.74, 6) is -0.735. The molecule has 0 N–H and O–H groups in total. The fourth-order valence-electron chi connectivity index (χ4n) is 2.42. The zero-order valence-corrected chi connectivity index (χ0v) is 15.2. The smallest absolute Gasteiger partial charge is 0.343 e. The monoisotopic (exact) mass is 396 g/mol. The quantitative estimate of drug-likeness (QED) is 0.481. The summed E-state index contributed by atoms with van der Waals surface area (Å²) in [6.07, 6.45) is 1.32. The van der Waals surface area contributed by atoms with E-state index < -0.39 is 11.4 Å². The molecule has 0 aliphatic heterocycles. The van der Waals surface area contributed by atoms with Crippen LogP contribution in [0.25, 0.3) is 16.7 Å². The lowest BCUT2D eigenvalue weighted by molar-refractivity contribution is 0.0524. The molecular formula is C17H11Cl3N2O3. The number of hydrogen-bond acceptors (Lipinski definition) is 4. The predicted molar refractivity (Wildman–Crippen MR) is 98.3 cm³/mol. The van der Waals surface area contributed by atoms with E-state index in [0.29, 0.717) is 15.7 Å². The lowest BCUT2D eigenvalue weighted by Gasteiger charge is -2.15. The van der Waals surface area contributed by atoms with Crippen molar-refractivity contribution in [3.63, 3.8) is 0 Å². The van der Waals surface area contributed by atoms with Crippen LogP contribution in [0.1, 0.15) is 17.3 Å². The van der Waals surface area contributed by atoms with Crippen molar-refractivity contribution >= 4 is 51.8 Å². The highest BCUT2D eigenvalue weighted by Gasteiger charge is 2.20. The standard InChI is InChI=1S/C17H11Cl3N2O3/c1-2-25-17(24)10-8-22(14-11(18)4-3-5-12(14)19)16-9(15(10)23)6-7-13(20)21-16/h3-8H,2H2,1H3. The maximum absolute atomic E-state index is 12.6. The van der Waals surface area contributed by atoms with Crippen LogP contribution in [0.3, 0.4) is 0 Å². The molecule has 2 aromatic heterocycles. The van der Waals surface area contributed by atoms with Gasteiger partial charge in [-0.15, -0.1) is 0 Å². The van der Waals surface area contributed by atoms with Crippen molar-refractivity contribution in [1.82, 2.24) is 9.55 Å². The minimum absolute atomic E-state index is 0.141. The molecule has 0 bridgehead atoms. The molecular weight excluding hydrogens is 387 g/mol. The van der Waals surface area contributed by atoms with E-state index >= 15 is 0 Å². The maximum Gasteiger partial charge on any atom is 0.343 e. The van der Waals surface area contributed by atoms with Gasteiger partial charge in [-0.05, 0) is 31.2 Å². The van der Waals surface area contributed by atoms with Gasteiger partial charge in [-0.1, -0.05) is 40.9 Å². The average molecular weight is 398 g/mol. The molecule has 3 rings (SSSR count). The van der Waals surface area contributed by atoms with Crippen LogP contribution in [0.4, 0.5) is 0 Å². The Morgan fingerprint density at radius 3 is 2.48 bits per heavy atom. The molecule has 128 valence electrons. The van der Waals surface area contributed by atoms with Crippen LogP contribution >= 0.6 is 34.8 Å². The van der Waals surface area contributed by atoms with Crippen LogP contribution in [0.2, 0.25) is 15.2 Å². The highest BCUT2D eigenvalue weighted by atomic mass is 35.5. The average Bonchev–Trinajstić information content (AvgIpc) is 2.56. The second-order valence-electron chi connectivity index (χ2n) is 5.04. The minimum Gasteiger partial charge on any atom is -0.462 e. The highest BCUT2D eigenvalue weighted by molar-refractivity contribution is 6.37. The number of fused-ring (bicyclic) bond motifs is 1. The van der Waals surface area contributed by atoms with Crippen LogP contribution in [-0.4, -0.2) is 22.1 Å². The van der Waals surface area contributed by atoms with Crippen molar-refractivity contribution in [3.05, 3.63) is 67.5 Å². The summed E-state index contributed by atoms with van der Waals surface area (Å²) in [6.45, 7) is 1.80. The summed E-state index contributed by atoms with van der Waals surface area (Å²) >= 11 is 18.5. The van der Waals surface area contributed by atoms with E-state index in [2.05, 4.69) is 4.98 Å². The van der Waals surface area contributed by atoms with Crippen molar-refractivity contribution in [2.45, 2.75) is 6.92 Å². The molecule has 0 unspecified atom stereocenters. The highest BCUT2D eigenvalue weighted by Crippen LogP contribution is 2.30. The van der Waals surface area contributed by atoms with Crippen molar-refractivity contribution in [3.8, 4) is 5.69 Å². The Labute approximate surface area is 157 Å². The molecule has 0 aliphatic rings. The number of carbonyl (C=O) groups is 1. The van der Waals surface area contributed by atoms with Crippen LogP contribution in [0.5, 0.6) is 0 Å². The zero-order valence-electron chi connectivity index (χ0n) is 12.9. The van der Waals surface area contributed by atoms with E-state index in [-0.39, 0.29) is 28.4 Å². The Morgan fingerprint density at radius 1 is 1.16 bits per heavy atom. The van der Waals surface area contributed by atoms with Crippen molar-refractivity contribution in [1.29, 1.82) is 0 Å². The zero-order chi connectivity index (χ0) is 18.1. The van der Waals surface area contributed by atoms with Gasteiger partial charge in [0.25, 0.3) is 0 Å². The van der Waals surface area contributed by atoms with Crippen molar-refractivity contribution < 1.29 is 9.53 Å². The third-order valence-corrected chi connectivity index (χ3v) is 4.31. The minimum atomic E-state index is -0.735. The molecule has 0 atom stereocenters. The second kappa shape index (κ2) is 7.04. The van der Waals surface area contributed by atoms with Gasteiger partial charge in [0.05, 0.1) is 27.7 Å². The number of esters is 1. The summed E-state index contributed by atoms with van der Waals surface area (Å²) in [4.78, 5) is 29.0. The first-order chi connectivity index (χ1) is 11.9. The molecule has 0 amide bonds. The normalized spacial score (nSPS) is 10.9. The molecule has 5 nitrogen and oxygen atoms in total. The van der Waals surface area contributed by atoms with Gasteiger partial charge < -0.3 is 4.74 Å². The van der Waals surface area contributed by atoms with Crippen LogP contribution in [0.15, 0.2) is 41.3 Å². The van der Waals surface area contributed by atoms with E-state index in [1.54, 1.807) is 25.1 Å². The topological polar surface area (TPSA) is 61.2 Å². The molecule has 0 radical (unpaired) electrons. The number of rotatable bonds is 3. The first kappa shape index (κ1) is 17.7. The van der Waals surface area contributed by atoms with E-state index in [1.807, 2.05) is 0 Å². The van der Waals surface area contributed by atoms with Crippen LogP contribution < -0.4 is 5.43 Å². The Kier molecular flexibility index (Phi) is 4.99. The molecule has 0 fully saturated rings. The third-order valence-electron chi connectivity index (χ3n) is 3.49. The number of aromatic nitrogens is 2. The summed E-state index contributed by atoms with van der Waals surface area (Å²) in [7, 11) is 0. The summed E-state index contributed by atoms with van der Waals surface area (Å²) < 4.78 is 6.44. The molecule has 0 saturated heterocycles. The molecule has 25 heavy (non-hydrogen) atoms. The fourth-order valence-corrected chi connectivity index (χ4v) is 3.15. The van der Waals surface area contributed by atoms with E-state index in [4.69, 9.17) is 39.5 Å². The number of halogens is 3. The number of nitrogens with zero attached hydrogens (tertiary/aromatic N) is 2. The molecule has 2 heterocycles. The van der Waals surface area contributed by atoms with Gasteiger partial charge in [-0.2, -0.15) is 0 Å². The molecule has 3 aromatic rings. The molecule has 0 spiro atoms. The Morgan fingerprint density at radius 2 is 1.84 bits per heavy atom. The lowest BCUT2D eigenvalue weighted by atomic mass is 10.2. The first-order valence-corrected chi connectivity index (χ1v) is 8.40. The third kappa shape index (κ3) is 3.23. The first-order valence-electron chi connectivity index (χ1n) is 7.27. The molecule has 8 heteroatoms.